The number of ether oxygens (including phenoxy) is 1. The number of nitrogens with zero attached hydrogens (tertiary/aromatic N) is 4. The number of sulfone groups is 1. The first-order chi connectivity index (χ1) is 24.1. The summed E-state index contributed by atoms with van der Waals surface area (Å²) in [5.41, 5.74) is 3.75. The van der Waals surface area contributed by atoms with Crippen LogP contribution >= 0.6 is 11.6 Å². The van der Waals surface area contributed by atoms with Gasteiger partial charge in [-0.3, -0.25) is 4.68 Å². The first-order valence-electron chi connectivity index (χ1n) is 14.7. The van der Waals surface area contributed by atoms with E-state index in [-0.39, 0.29) is 36.5 Å². The molecule has 4 aromatic rings. The second kappa shape index (κ2) is 14.4. The molecule has 2 aromatic heterocycles. The van der Waals surface area contributed by atoms with Crippen molar-refractivity contribution in [2.75, 3.05) is 22.5 Å². The number of sulfonamides is 2. The number of aromatic nitrogens is 3. The van der Waals surface area contributed by atoms with Gasteiger partial charge in [0.1, 0.15) is 28.6 Å². The van der Waals surface area contributed by atoms with Gasteiger partial charge in [-0.2, -0.15) is 18.3 Å². The average Bonchev–Trinajstić information content (AvgIpc) is 3.30. The maximum absolute atomic E-state index is 14.2. The lowest BCUT2D eigenvalue weighted by atomic mass is 9.95. The molecule has 22 heteroatoms. The number of carbonyl (C=O) groups excluding carboxylic acids is 1. The second-order valence-electron chi connectivity index (χ2n) is 12.2. The van der Waals surface area contributed by atoms with E-state index in [9.17, 15) is 52.0 Å². The normalized spacial score (nSPS) is 13.3. The van der Waals surface area contributed by atoms with E-state index < -0.39 is 99.3 Å². The predicted molar refractivity (Wildman–Crippen MR) is 185 cm³/mol. The number of nitrogens with two attached hydrogens (primary N) is 1. The number of carbonyl (C=O) groups is 1. The molecule has 286 valence electrons. The van der Waals surface area contributed by atoms with Gasteiger partial charge in [0.05, 0.1) is 34.1 Å². The summed E-state index contributed by atoms with van der Waals surface area (Å²) in [6.45, 7) is 0.722. The number of halogens is 6. The predicted octanol–water partition coefficient (Wildman–Crippen LogP) is 4.87. The Morgan fingerprint density at radius 1 is 0.962 bits per heavy atom. The van der Waals surface area contributed by atoms with Gasteiger partial charge in [-0.15, -0.1) is 3.71 Å². The molecular formula is C31H29ClF5N5O8S3. The Morgan fingerprint density at radius 3 is 2.04 bits per heavy atom. The third kappa shape index (κ3) is 9.54. The highest BCUT2D eigenvalue weighted by atomic mass is 35.5. The third-order valence-electron chi connectivity index (χ3n) is 7.47. The summed E-state index contributed by atoms with van der Waals surface area (Å²) < 4.78 is 150. The zero-order valence-corrected chi connectivity index (χ0v) is 31.4. The number of alkyl halides is 3. The number of hydrogen-bond acceptors (Lipinski definition) is 10. The van der Waals surface area contributed by atoms with Crippen molar-refractivity contribution in [1.29, 1.82) is 0 Å². The molecule has 13 nitrogen and oxygen atoms in total. The number of fused-ring (bicyclic) bond motifs is 1. The van der Waals surface area contributed by atoms with E-state index in [1.165, 1.54) is 26.0 Å². The van der Waals surface area contributed by atoms with Gasteiger partial charge in [0.15, 0.2) is 21.8 Å². The van der Waals surface area contributed by atoms with Crippen molar-refractivity contribution in [3.63, 3.8) is 0 Å². The Balaban J connectivity index is 2.18. The van der Waals surface area contributed by atoms with Crippen LogP contribution in [-0.2, 0) is 47.6 Å². The molecule has 0 spiro atoms. The first kappa shape index (κ1) is 41.2. The molecule has 2 heterocycles. The molecule has 0 aliphatic heterocycles. The zero-order valence-electron chi connectivity index (χ0n) is 28.2. The van der Waals surface area contributed by atoms with E-state index in [0.29, 0.717) is 18.6 Å². The molecule has 4 rings (SSSR count). The molecule has 0 saturated carbocycles. The van der Waals surface area contributed by atoms with Crippen molar-refractivity contribution >= 4 is 64.3 Å². The third-order valence-corrected chi connectivity index (χ3v) is 12.9. The van der Waals surface area contributed by atoms with Crippen LogP contribution in [-0.4, -0.2) is 75.8 Å². The molecular weight excluding hydrogens is 797 g/mol. The summed E-state index contributed by atoms with van der Waals surface area (Å²) in [6, 6.07) is 7.07. The Labute approximate surface area is 305 Å². The van der Waals surface area contributed by atoms with Crippen LogP contribution in [0.25, 0.3) is 22.0 Å². The number of benzene rings is 2. The van der Waals surface area contributed by atoms with Crippen LogP contribution < -0.4 is 9.44 Å². The van der Waals surface area contributed by atoms with Gasteiger partial charge in [0.2, 0.25) is 20.0 Å². The van der Waals surface area contributed by atoms with Crippen molar-refractivity contribution in [3.05, 3.63) is 76.1 Å². The fourth-order valence-corrected chi connectivity index (χ4v) is 8.38. The van der Waals surface area contributed by atoms with Gasteiger partial charge >= 0.3 is 12.3 Å². The van der Waals surface area contributed by atoms with E-state index in [1.807, 2.05) is 0 Å². The highest BCUT2D eigenvalue weighted by Gasteiger charge is 2.37. The number of rotatable bonds is 10. The Morgan fingerprint density at radius 2 is 1.53 bits per heavy atom. The van der Waals surface area contributed by atoms with E-state index in [2.05, 4.69) is 21.9 Å². The maximum atomic E-state index is 14.2. The van der Waals surface area contributed by atoms with Crippen LogP contribution in [0.1, 0.15) is 36.9 Å². The Hall–Kier alpha value is -4.52. The smallest absolute Gasteiger partial charge is 0.408 e. The fourth-order valence-electron chi connectivity index (χ4n) is 5.05. The minimum Gasteiger partial charge on any atom is -0.439 e. The number of anilines is 1. The van der Waals surface area contributed by atoms with Crippen molar-refractivity contribution in [2.45, 2.75) is 43.8 Å². The van der Waals surface area contributed by atoms with E-state index in [4.69, 9.17) is 22.1 Å². The molecule has 0 fully saturated rings. The van der Waals surface area contributed by atoms with E-state index in [0.717, 1.165) is 30.5 Å². The summed E-state index contributed by atoms with van der Waals surface area (Å²) in [5.74, 6) is 2.11. The van der Waals surface area contributed by atoms with Crippen molar-refractivity contribution in [1.82, 2.24) is 14.8 Å². The topological polar surface area (TPSA) is 189 Å². The monoisotopic (exact) mass is 825 g/mol. The van der Waals surface area contributed by atoms with Crippen LogP contribution in [0.4, 0.5) is 32.6 Å². The summed E-state index contributed by atoms with van der Waals surface area (Å²) >= 11 is 6.41. The highest BCUT2D eigenvalue weighted by Crippen LogP contribution is 2.43. The summed E-state index contributed by atoms with van der Waals surface area (Å²) in [7, 11) is -13.3. The zero-order chi connectivity index (χ0) is 40.1. The highest BCUT2D eigenvalue weighted by molar-refractivity contribution is 8.09. The molecule has 0 unspecified atom stereocenters. The SMILES string of the molecule is CC(C)(C#Cc1ccc(-c2ccc(Cl)c3c(N(S(C)(=O)=O)S(C)(=O)=O)nn(CC(F)(F)F)c23)c([C@H](Cc2cc(F)cc(F)c2)OC(N)=O)n1)S(C)(=O)=O. The lowest BCUT2D eigenvalue weighted by Crippen LogP contribution is -2.36. The van der Waals surface area contributed by atoms with Gasteiger partial charge in [-0.1, -0.05) is 23.6 Å². The summed E-state index contributed by atoms with van der Waals surface area (Å²) in [5, 5.41) is 2.77. The minimum absolute atomic E-state index is 0.0983. The first-order valence-corrected chi connectivity index (χ1v) is 20.7. The molecule has 0 radical (unpaired) electrons. The quantitative estimate of drug-likeness (QED) is 0.171. The number of pyridine rings is 1. The summed E-state index contributed by atoms with van der Waals surface area (Å²) in [4.78, 5) is 16.6. The molecule has 0 bridgehead atoms. The van der Waals surface area contributed by atoms with Gasteiger partial charge in [-0.25, -0.2) is 43.8 Å². The molecule has 0 aliphatic rings. The number of hydrogen-bond donors (Lipinski definition) is 1. The molecule has 1 amide bonds. The second-order valence-corrected chi connectivity index (χ2v) is 19.1. The molecule has 2 aromatic carbocycles. The summed E-state index contributed by atoms with van der Waals surface area (Å²) in [6.07, 6.45) is -6.75. The van der Waals surface area contributed by atoms with Gasteiger partial charge in [-0.05, 0) is 55.7 Å². The lowest BCUT2D eigenvalue weighted by molar-refractivity contribution is -0.141. The lowest BCUT2D eigenvalue weighted by Gasteiger charge is -2.21. The molecule has 1 atom stereocenters. The van der Waals surface area contributed by atoms with Crippen LogP contribution in [0.3, 0.4) is 0 Å². The van der Waals surface area contributed by atoms with Crippen LogP contribution in [0, 0.1) is 23.5 Å². The van der Waals surface area contributed by atoms with Crippen LogP contribution in [0.2, 0.25) is 5.02 Å². The van der Waals surface area contributed by atoms with Crippen molar-refractivity contribution < 1.29 is 56.7 Å². The number of primary amides is 1. The van der Waals surface area contributed by atoms with E-state index in [1.54, 1.807) is 0 Å². The molecule has 0 aliphatic carbocycles. The fraction of sp³-hybridized carbons (Fsp3) is 0.323. The van der Waals surface area contributed by atoms with Crippen LogP contribution in [0.15, 0.2) is 42.5 Å². The number of amides is 1. The van der Waals surface area contributed by atoms with E-state index >= 15 is 0 Å². The van der Waals surface area contributed by atoms with Crippen molar-refractivity contribution in [3.8, 4) is 23.0 Å². The molecule has 53 heavy (non-hydrogen) atoms. The standard InChI is InChI=1S/C31H29ClF5N5O8S3/c1-30(2,51(3,44)45)11-10-20-6-7-21(26(39-20)24(50-29(38)43)14-17-12-18(33)15-19(34)13-17)22-8-9-23(32)25-27(22)41(16-31(35,36)37)40-28(25)42(52(4,46)47)53(5,48)49/h6-9,12-13,15,24H,14,16H2,1-5H3,(H2,38,43)/t24-/m0/s1. The maximum Gasteiger partial charge on any atom is 0.408 e. The van der Waals surface area contributed by atoms with Gasteiger partial charge in [0.25, 0.3) is 0 Å². The van der Waals surface area contributed by atoms with Crippen molar-refractivity contribution in [2.24, 2.45) is 5.73 Å². The Kier molecular flexibility index (Phi) is 11.2. The largest absolute Gasteiger partial charge is 0.439 e. The van der Waals surface area contributed by atoms with Gasteiger partial charge < -0.3 is 10.5 Å². The average molecular weight is 826 g/mol. The Bertz CT molecular complexity index is 2480. The van der Waals surface area contributed by atoms with Crippen LogP contribution in [0.5, 0.6) is 0 Å². The van der Waals surface area contributed by atoms with Gasteiger partial charge in [0, 0.05) is 29.9 Å². The molecule has 0 saturated heterocycles. The molecule has 2 N–H and O–H groups in total. The minimum atomic E-state index is -5.02.